The molecule has 0 radical (unpaired) electrons. The normalized spacial score (nSPS) is 12.3. The molecular formula is C56H32N2OS. The van der Waals surface area contributed by atoms with Gasteiger partial charge in [-0.3, -0.25) is 0 Å². The van der Waals surface area contributed by atoms with Gasteiger partial charge in [0.05, 0.1) is 16.6 Å². The second-order valence-electron chi connectivity index (χ2n) is 16.1. The van der Waals surface area contributed by atoms with Gasteiger partial charge in [0.25, 0.3) is 0 Å². The van der Waals surface area contributed by atoms with Crippen LogP contribution in [0.25, 0.3) is 113 Å². The molecule has 3 nitrogen and oxygen atoms in total. The third-order valence-corrected chi connectivity index (χ3v) is 14.0. The zero-order valence-electron chi connectivity index (χ0n) is 32.2. The molecule has 0 unspecified atom stereocenters. The standard InChI is InChI=1S/C56H32N2OS/c1-2-11-34-30-51-47(29-33(34)10-1)41-24-22-38(32-52(41)59-51)57(37-23-27-54-48(31-37)42-15-4-6-21-53(42)60-54)36-13-7-12-35(28-36)39-25-26-50-55-43(39)16-8-17-44(55)46-19-9-18-45-40-14-3-5-20-49(40)58(50)56(45)46/h1-32H. The van der Waals surface area contributed by atoms with E-state index in [1.54, 1.807) is 0 Å². The lowest BCUT2D eigenvalue weighted by molar-refractivity contribution is 0.669. The summed E-state index contributed by atoms with van der Waals surface area (Å²) in [7, 11) is 0. The first-order valence-corrected chi connectivity index (χ1v) is 21.3. The van der Waals surface area contributed by atoms with Crippen molar-refractivity contribution < 1.29 is 4.42 Å². The Kier molecular flexibility index (Phi) is 6.44. The highest BCUT2D eigenvalue weighted by Gasteiger charge is 2.21. The van der Waals surface area contributed by atoms with Crippen molar-refractivity contribution in [2.75, 3.05) is 4.90 Å². The van der Waals surface area contributed by atoms with Crippen molar-refractivity contribution in [2.45, 2.75) is 0 Å². The van der Waals surface area contributed by atoms with Gasteiger partial charge in [-0.05, 0) is 105 Å². The second kappa shape index (κ2) is 12.0. The molecule has 60 heavy (non-hydrogen) atoms. The van der Waals surface area contributed by atoms with Crippen LogP contribution < -0.4 is 4.90 Å². The molecule has 0 bridgehead atoms. The van der Waals surface area contributed by atoms with Crippen LogP contribution in [0.4, 0.5) is 17.1 Å². The highest BCUT2D eigenvalue weighted by Crippen LogP contribution is 2.46. The van der Waals surface area contributed by atoms with E-state index in [9.17, 15) is 0 Å². The summed E-state index contributed by atoms with van der Waals surface area (Å²) in [5, 5.41) is 14.9. The highest BCUT2D eigenvalue weighted by atomic mass is 32.1. The van der Waals surface area contributed by atoms with E-state index in [0.29, 0.717) is 0 Å². The van der Waals surface area contributed by atoms with Crippen LogP contribution in [0.1, 0.15) is 0 Å². The number of nitrogens with zero attached hydrogens (tertiary/aromatic N) is 2. The SMILES string of the molecule is c1cc(-c2ccc3c4c2cccc4c2cccc4c5ccccc5n3c24)cc(N(c2ccc3c(c2)oc2cc4ccccc4cc23)c2ccc3sc4ccccc4c3c2)c1. The molecule has 0 atom stereocenters. The van der Waals surface area contributed by atoms with Crippen LogP contribution in [0.5, 0.6) is 0 Å². The van der Waals surface area contributed by atoms with Gasteiger partial charge in [-0.15, -0.1) is 11.3 Å². The van der Waals surface area contributed by atoms with Gasteiger partial charge in [-0.1, -0.05) is 115 Å². The average molecular weight is 781 g/mol. The molecule has 278 valence electrons. The molecule has 14 aromatic rings. The molecule has 4 heteroatoms. The lowest BCUT2D eigenvalue weighted by Gasteiger charge is -2.26. The first kappa shape index (κ1) is 32.3. The summed E-state index contributed by atoms with van der Waals surface area (Å²) in [6, 6.07) is 71.4. The number of hydrogen-bond donors (Lipinski definition) is 0. The number of fused-ring (bicyclic) bond motifs is 12. The number of benzene rings is 10. The fourth-order valence-electron chi connectivity index (χ4n) is 10.2. The zero-order chi connectivity index (χ0) is 39.1. The van der Waals surface area contributed by atoms with E-state index in [2.05, 4.69) is 203 Å². The predicted molar refractivity (Wildman–Crippen MR) is 256 cm³/mol. The van der Waals surface area contributed by atoms with E-state index >= 15 is 0 Å². The van der Waals surface area contributed by atoms with Gasteiger partial charge < -0.3 is 13.7 Å². The minimum Gasteiger partial charge on any atom is -0.456 e. The van der Waals surface area contributed by atoms with E-state index < -0.39 is 0 Å². The Hall–Kier alpha value is -7.66. The van der Waals surface area contributed by atoms with Crippen molar-refractivity contribution in [1.29, 1.82) is 0 Å². The van der Waals surface area contributed by atoms with E-state index in [1.165, 1.54) is 90.9 Å². The third kappa shape index (κ3) is 4.43. The average Bonchev–Trinajstić information content (AvgIpc) is 3.97. The predicted octanol–water partition coefficient (Wildman–Crippen LogP) is 16.5. The number of pyridine rings is 1. The monoisotopic (exact) mass is 780 g/mol. The van der Waals surface area contributed by atoms with Crippen molar-refractivity contribution in [1.82, 2.24) is 4.40 Å². The molecule has 0 aliphatic carbocycles. The second-order valence-corrected chi connectivity index (χ2v) is 17.1. The lowest BCUT2D eigenvalue weighted by atomic mass is 9.93. The van der Waals surface area contributed by atoms with E-state index in [0.717, 1.165) is 39.0 Å². The Balaban J connectivity index is 0.994. The van der Waals surface area contributed by atoms with Gasteiger partial charge in [0.1, 0.15) is 11.2 Å². The maximum atomic E-state index is 6.66. The van der Waals surface area contributed by atoms with Crippen molar-refractivity contribution in [3.63, 3.8) is 0 Å². The largest absolute Gasteiger partial charge is 0.456 e. The zero-order valence-corrected chi connectivity index (χ0v) is 33.0. The molecule has 0 spiro atoms. The van der Waals surface area contributed by atoms with Gasteiger partial charge in [-0.25, -0.2) is 0 Å². The molecule has 0 aliphatic heterocycles. The van der Waals surface area contributed by atoms with Gasteiger partial charge in [0, 0.05) is 75.6 Å². The fourth-order valence-corrected chi connectivity index (χ4v) is 11.3. The number of rotatable bonds is 4. The number of aromatic nitrogens is 1. The molecule has 0 saturated carbocycles. The fraction of sp³-hybridized carbons (Fsp3) is 0. The van der Waals surface area contributed by atoms with E-state index in [4.69, 9.17) is 4.42 Å². The molecule has 4 heterocycles. The molecule has 0 fully saturated rings. The summed E-state index contributed by atoms with van der Waals surface area (Å²) in [6.07, 6.45) is 0. The summed E-state index contributed by atoms with van der Waals surface area (Å²) in [5.41, 5.74) is 11.1. The van der Waals surface area contributed by atoms with Crippen LogP contribution in [0.3, 0.4) is 0 Å². The van der Waals surface area contributed by atoms with Gasteiger partial charge in [0.2, 0.25) is 0 Å². The Bertz CT molecular complexity index is 4090. The quantitative estimate of drug-likeness (QED) is 0.131. The Morgan fingerprint density at radius 3 is 1.97 bits per heavy atom. The minimum atomic E-state index is 0.872. The summed E-state index contributed by atoms with van der Waals surface area (Å²) in [5.74, 6) is 0. The number of anilines is 3. The molecule has 0 saturated heterocycles. The van der Waals surface area contributed by atoms with Crippen molar-refractivity contribution in [3.8, 4) is 11.1 Å². The first-order valence-electron chi connectivity index (χ1n) is 20.5. The number of para-hydroxylation sites is 2. The van der Waals surface area contributed by atoms with Crippen LogP contribution in [-0.2, 0) is 0 Å². The number of furan rings is 1. The van der Waals surface area contributed by atoms with Crippen LogP contribution in [0, 0.1) is 0 Å². The summed E-state index contributed by atoms with van der Waals surface area (Å²) >= 11 is 1.85. The maximum absolute atomic E-state index is 6.66. The maximum Gasteiger partial charge on any atom is 0.137 e. The Labute approximate surface area is 347 Å². The topological polar surface area (TPSA) is 20.8 Å². The number of thiophene rings is 1. The molecular weight excluding hydrogens is 749 g/mol. The van der Waals surface area contributed by atoms with Gasteiger partial charge in [0.15, 0.2) is 0 Å². The molecule has 4 aromatic heterocycles. The minimum absolute atomic E-state index is 0.872. The summed E-state index contributed by atoms with van der Waals surface area (Å²) < 4.78 is 11.7. The molecule has 10 aromatic carbocycles. The molecule has 0 amide bonds. The van der Waals surface area contributed by atoms with Crippen LogP contribution in [-0.4, -0.2) is 4.40 Å². The van der Waals surface area contributed by atoms with E-state index in [-0.39, 0.29) is 0 Å². The number of hydrogen-bond acceptors (Lipinski definition) is 3. The van der Waals surface area contributed by atoms with Gasteiger partial charge in [-0.2, -0.15) is 0 Å². The molecule has 14 rings (SSSR count). The van der Waals surface area contributed by atoms with Crippen molar-refractivity contribution in [2.24, 2.45) is 0 Å². The van der Waals surface area contributed by atoms with Crippen LogP contribution >= 0.6 is 11.3 Å². The molecule has 0 N–H and O–H groups in total. The van der Waals surface area contributed by atoms with Crippen molar-refractivity contribution >= 4 is 130 Å². The smallest absolute Gasteiger partial charge is 0.137 e. The molecule has 0 aliphatic rings. The van der Waals surface area contributed by atoms with Crippen LogP contribution in [0.2, 0.25) is 0 Å². The van der Waals surface area contributed by atoms with E-state index in [1.807, 2.05) is 11.3 Å². The highest BCUT2D eigenvalue weighted by molar-refractivity contribution is 7.25. The lowest BCUT2D eigenvalue weighted by Crippen LogP contribution is -2.10. The summed E-state index contributed by atoms with van der Waals surface area (Å²) in [6.45, 7) is 0. The van der Waals surface area contributed by atoms with Crippen LogP contribution in [0.15, 0.2) is 199 Å². The third-order valence-electron chi connectivity index (χ3n) is 12.9. The van der Waals surface area contributed by atoms with Crippen molar-refractivity contribution in [3.05, 3.63) is 194 Å². The van der Waals surface area contributed by atoms with Gasteiger partial charge >= 0.3 is 0 Å². The summed E-state index contributed by atoms with van der Waals surface area (Å²) in [4.78, 5) is 2.39. The Morgan fingerprint density at radius 2 is 1.05 bits per heavy atom. The first-order chi connectivity index (χ1) is 29.7. The Morgan fingerprint density at radius 1 is 0.383 bits per heavy atom.